The molecule has 0 bridgehead atoms. The van der Waals surface area contributed by atoms with E-state index in [-0.39, 0.29) is 5.91 Å². The van der Waals surface area contributed by atoms with E-state index in [0.29, 0.717) is 11.3 Å². The second kappa shape index (κ2) is 5.59. The van der Waals surface area contributed by atoms with Crippen molar-refractivity contribution in [1.29, 1.82) is 0 Å². The molecule has 1 fully saturated rings. The summed E-state index contributed by atoms with van der Waals surface area (Å²) in [4.78, 5) is 23.4. The number of ether oxygens (including phenoxy) is 1. The molecule has 2 rings (SSSR count). The number of nitrogens with one attached hydrogen (secondary N) is 1. The fraction of sp³-hybridized carbons (Fsp3) is 0.500. The molecular formula is C16H20FNO4. The van der Waals surface area contributed by atoms with Crippen molar-refractivity contribution in [2.75, 3.05) is 7.11 Å². The SMILES string of the molecule is COc1ccc(F)cc1C(C)NC(=O)[C@@H]1[C@H](C(=O)O)C1(C)C. The number of aliphatic carboxylic acids is 1. The van der Waals surface area contributed by atoms with Crippen LogP contribution >= 0.6 is 0 Å². The van der Waals surface area contributed by atoms with Crippen LogP contribution in [0.15, 0.2) is 18.2 Å². The summed E-state index contributed by atoms with van der Waals surface area (Å²) in [6, 6.07) is 3.59. The Morgan fingerprint density at radius 2 is 2.00 bits per heavy atom. The Bertz CT molecular complexity index is 614. The second-order valence-electron chi connectivity index (χ2n) is 6.23. The molecule has 6 heteroatoms. The van der Waals surface area contributed by atoms with Gasteiger partial charge >= 0.3 is 5.97 Å². The fourth-order valence-corrected chi connectivity index (χ4v) is 3.01. The van der Waals surface area contributed by atoms with Crippen LogP contribution in [0.2, 0.25) is 0 Å². The summed E-state index contributed by atoms with van der Waals surface area (Å²) in [5.41, 5.74) is -0.0528. The molecule has 5 nitrogen and oxygen atoms in total. The third-order valence-electron chi connectivity index (χ3n) is 4.39. The van der Waals surface area contributed by atoms with Gasteiger partial charge in [-0.2, -0.15) is 0 Å². The summed E-state index contributed by atoms with van der Waals surface area (Å²) >= 11 is 0. The van der Waals surface area contributed by atoms with Gasteiger partial charge in [0, 0.05) is 5.56 Å². The molecule has 1 amide bonds. The number of hydrogen-bond donors (Lipinski definition) is 2. The van der Waals surface area contributed by atoms with Gasteiger partial charge in [-0.25, -0.2) is 4.39 Å². The van der Waals surface area contributed by atoms with Crippen LogP contribution in [0.3, 0.4) is 0 Å². The summed E-state index contributed by atoms with van der Waals surface area (Å²) in [7, 11) is 1.47. The lowest BCUT2D eigenvalue weighted by molar-refractivity contribution is -0.140. The number of methoxy groups -OCH3 is 1. The summed E-state index contributed by atoms with van der Waals surface area (Å²) in [5.74, 6) is -2.52. The minimum Gasteiger partial charge on any atom is -0.496 e. The Labute approximate surface area is 128 Å². The van der Waals surface area contributed by atoms with Crippen LogP contribution < -0.4 is 10.1 Å². The first-order valence-electron chi connectivity index (χ1n) is 7.06. The Morgan fingerprint density at radius 3 is 2.50 bits per heavy atom. The van der Waals surface area contributed by atoms with E-state index < -0.39 is 35.1 Å². The maximum absolute atomic E-state index is 13.4. The highest BCUT2D eigenvalue weighted by atomic mass is 19.1. The van der Waals surface area contributed by atoms with Crippen molar-refractivity contribution >= 4 is 11.9 Å². The minimum atomic E-state index is -0.971. The minimum absolute atomic E-state index is 0.337. The molecule has 0 spiro atoms. The van der Waals surface area contributed by atoms with Crippen LogP contribution in [0.25, 0.3) is 0 Å². The van der Waals surface area contributed by atoms with E-state index in [1.54, 1.807) is 20.8 Å². The molecule has 0 heterocycles. The molecule has 0 aromatic heterocycles. The van der Waals surface area contributed by atoms with Crippen LogP contribution in [0.5, 0.6) is 5.75 Å². The van der Waals surface area contributed by atoms with Gasteiger partial charge in [0.05, 0.1) is 25.0 Å². The number of hydrogen-bond acceptors (Lipinski definition) is 3. The highest BCUT2D eigenvalue weighted by Gasteiger charge is 2.65. The quantitative estimate of drug-likeness (QED) is 0.875. The number of carbonyl (C=O) groups is 2. The van der Waals surface area contributed by atoms with Crippen molar-refractivity contribution in [3.63, 3.8) is 0 Å². The van der Waals surface area contributed by atoms with Crippen LogP contribution in [0.4, 0.5) is 4.39 Å². The molecule has 0 saturated heterocycles. The van der Waals surface area contributed by atoms with Crippen molar-refractivity contribution < 1.29 is 23.8 Å². The smallest absolute Gasteiger partial charge is 0.307 e. The van der Waals surface area contributed by atoms with Crippen LogP contribution in [-0.4, -0.2) is 24.1 Å². The van der Waals surface area contributed by atoms with E-state index >= 15 is 0 Å². The second-order valence-corrected chi connectivity index (χ2v) is 6.23. The zero-order valence-corrected chi connectivity index (χ0v) is 13.0. The zero-order valence-electron chi connectivity index (χ0n) is 13.0. The topological polar surface area (TPSA) is 75.6 Å². The van der Waals surface area contributed by atoms with Gasteiger partial charge in [-0.3, -0.25) is 9.59 Å². The summed E-state index contributed by atoms with van der Waals surface area (Å²) < 4.78 is 18.6. The molecule has 2 N–H and O–H groups in total. The molecule has 1 aliphatic carbocycles. The first-order chi connectivity index (χ1) is 10.2. The molecule has 3 atom stereocenters. The predicted octanol–water partition coefficient (Wildman–Crippen LogP) is 2.37. The Hall–Kier alpha value is -2.11. The zero-order chi connectivity index (χ0) is 16.7. The number of halogens is 1. The van der Waals surface area contributed by atoms with Gasteiger partial charge in [-0.15, -0.1) is 0 Å². The van der Waals surface area contributed by atoms with Gasteiger partial charge in [0.1, 0.15) is 11.6 Å². The lowest BCUT2D eigenvalue weighted by atomic mass is 10.1. The third kappa shape index (κ3) is 2.77. The van der Waals surface area contributed by atoms with E-state index in [4.69, 9.17) is 9.84 Å². The van der Waals surface area contributed by atoms with Gasteiger partial charge in [0.15, 0.2) is 0 Å². The molecule has 120 valence electrons. The Balaban J connectivity index is 2.13. The average Bonchev–Trinajstić information content (AvgIpc) is 3.01. The number of rotatable bonds is 5. The number of carbonyl (C=O) groups excluding carboxylic acids is 1. The average molecular weight is 309 g/mol. The monoisotopic (exact) mass is 309 g/mol. The van der Waals surface area contributed by atoms with Crippen molar-refractivity contribution in [2.45, 2.75) is 26.8 Å². The highest BCUT2D eigenvalue weighted by Crippen LogP contribution is 2.58. The molecule has 1 aliphatic rings. The Kier molecular flexibility index (Phi) is 4.13. The fourth-order valence-electron chi connectivity index (χ4n) is 3.01. The molecular weight excluding hydrogens is 289 g/mol. The standard InChI is InChI=1S/C16H20FNO4/c1-8(10-7-9(17)5-6-11(10)22-4)18-14(19)12-13(15(20)21)16(12,2)3/h5-8,12-13H,1-4H3,(H,18,19)(H,20,21)/t8?,12-,13+/m0/s1. The first-order valence-corrected chi connectivity index (χ1v) is 7.06. The van der Waals surface area contributed by atoms with Crippen LogP contribution in [0, 0.1) is 23.1 Å². The van der Waals surface area contributed by atoms with E-state index in [2.05, 4.69) is 5.32 Å². The number of carboxylic acid groups (broad SMARTS) is 1. The van der Waals surface area contributed by atoms with E-state index in [0.717, 1.165) is 0 Å². The maximum Gasteiger partial charge on any atom is 0.307 e. The van der Waals surface area contributed by atoms with Crippen LogP contribution in [-0.2, 0) is 9.59 Å². The van der Waals surface area contributed by atoms with E-state index in [1.165, 1.54) is 25.3 Å². The lowest BCUT2D eigenvalue weighted by Crippen LogP contribution is -2.30. The van der Waals surface area contributed by atoms with Gasteiger partial charge in [-0.1, -0.05) is 13.8 Å². The predicted molar refractivity (Wildman–Crippen MR) is 77.9 cm³/mol. The summed E-state index contributed by atoms with van der Waals surface area (Å²) in [5, 5.41) is 11.9. The van der Waals surface area contributed by atoms with Gasteiger partial charge in [0.25, 0.3) is 0 Å². The molecule has 1 saturated carbocycles. The molecule has 22 heavy (non-hydrogen) atoms. The van der Waals surface area contributed by atoms with E-state index in [9.17, 15) is 14.0 Å². The third-order valence-corrected chi connectivity index (χ3v) is 4.39. The number of carboxylic acids is 1. The first kappa shape index (κ1) is 16.3. The Morgan fingerprint density at radius 1 is 1.36 bits per heavy atom. The van der Waals surface area contributed by atoms with Crippen molar-refractivity contribution in [3.8, 4) is 5.75 Å². The van der Waals surface area contributed by atoms with Gasteiger partial charge in [-0.05, 0) is 30.5 Å². The van der Waals surface area contributed by atoms with E-state index in [1.807, 2.05) is 0 Å². The molecule has 1 unspecified atom stereocenters. The van der Waals surface area contributed by atoms with Crippen molar-refractivity contribution in [2.24, 2.45) is 17.3 Å². The normalized spacial score (nSPS) is 23.5. The lowest BCUT2D eigenvalue weighted by Gasteiger charge is -2.18. The molecule has 1 aromatic carbocycles. The highest BCUT2D eigenvalue weighted by molar-refractivity contribution is 5.91. The molecule has 0 aliphatic heterocycles. The van der Waals surface area contributed by atoms with Crippen molar-refractivity contribution in [1.82, 2.24) is 5.32 Å². The van der Waals surface area contributed by atoms with Crippen LogP contribution in [0.1, 0.15) is 32.4 Å². The van der Waals surface area contributed by atoms with Crippen molar-refractivity contribution in [3.05, 3.63) is 29.6 Å². The number of benzene rings is 1. The summed E-state index contributed by atoms with van der Waals surface area (Å²) in [6.45, 7) is 5.22. The van der Waals surface area contributed by atoms with Gasteiger partial charge in [0.2, 0.25) is 5.91 Å². The van der Waals surface area contributed by atoms with Gasteiger partial charge < -0.3 is 15.2 Å². The summed E-state index contributed by atoms with van der Waals surface area (Å²) in [6.07, 6.45) is 0. The largest absolute Gasteiger partial charge is 0.496 e. The molecule has 0 radical (unpaired) electrons. The molecule has 1 aromatic rings. The maximum atomic E-state index is 13.4. The number of amides is 1.